The van der Waals surface area contributed by atoms with Crippen LogP contribution < -0.4 is 4.74 Å². The largest absolute Gasteiger partial charge is 0.462 e. The lowest BCUT2D eigenvalue weighted by atomic mass is 10.1. The van der Waals surface area contributed by atoms with E-state index in [4.69, 9.17) is 9.47 Å². The molecule has 0 bridgehead atoms. The van der Waals surface area contributed by atoms with Crippen molar-refractivity contribution in [2.75, 3.05) is 6.61 Å². The lowest BCUT2D eigenvalue weighted by Crippen LogP contribution is -2.10. The summed E-state index contributed by atoms with van der Waals surface area (Å²) in [6.07, 6.45) is 1.80. The molecule has 0 unspecified atom stereocenters. The van der Waals surface area contributed by atoms with Crippen LogP contribution in [0.25, 0.3) is 0 Å². The minimum atomic E-state index is -0.474. The summed E-state index contributed by atoms with van der Waals surface area (Å²) >= 11 is 3.32. The van der Waals surface area contributed by atoms with E-state index in [2.05, 4.69) is 15.9 Å². The lowest BCUT2D eigenvalue weighted by molar-refractivity contribution is 0.0499. The van der Waals surface area contributed by atoms with Gasteiger partial charge in [0.2, 0.25) is 0 Å². The third-order valence-corrected chi connectivity index (χ3v) is 3.64. The second-order valence-corrected chi connectivity index (χ2v) is 5.83. The van der Waals surface area contributed by atoms with Crippen LogP contribution in [0.1, 0.15) is 40.5 Å². The van der Waals surface area contributed by atoms with E-state index in [0.29, 0.717) is 23.5 Å². The van der Waals surface area contributed by atoms with Gasteiger partial charge in [0.25, 0.3) is 0 Å². The van der Waals surface area contributed by atoms with Crippen molar-refractivity contribution in [1.29, 1.82) is 0 Å². The van der Waals surface area contributed by atoms with Crippen molar-refractivity contribution in [1.82, 2.24) is 0 Å². The molecule has 0 spiro atoms. The van der Waals surface area contributed by atoms with Crippen molar-refractivity contribution >= 4 is 27.9 Å². The number of rotatable bonds is 6. The lowest BCUT2D eigenvalue weighted by Gasteiger charge is -2.06. The number of carbonyl (C=O) groups is 2. The van der Waals surface area contributed by atoms with Gasteiger partial charge in [-0.1, -0.05) is 29.3 Å². The van der Waals surface area contributed by atoms with Gasteiger partial charge in [-0.3, -0.25) is 0 Å². The Labute approximate surface area is 143 Å². The Morgan fingerprint density at radius 1 is 0.913 bits per heavy atom. The predicted molar refractivity (Wildman–Crippen MR) is 90.7 cm³/mol. The smallest absolute Gasteiger partial charge is 0.343 e. The van der Waals surface area contributed by atoms with Crippen LogP contribution in [0.3, 0.4) is 0 Å². The maximum atomic E-state index is 12.0. The van der Waals surface area contributed by atoms with E-state index in [1.807, 2.05) is 6.92 Å². The van der Waals surface area contributed by atoms with E-state index in [-0.39, 0.29) is 5.97 Å². The molecule has 0 heterocycles. The second kappa shape index (κ2) is 8.48. The third kappa shape index (κ3) is 5.21. The molecule has 0 saturated carbocycles. The standard InChI is InChI=1S/C18H17BrO4/c1-2-3-12-22-17(20)13-4-6-14(7-5-13)18(21)23-16-10-8-15(19)9-11-16/h4-11H,2-3,12H2,1H3. The van der Waals surface area contributed by atoms with Crippen LogP contribution in [0.5, 0.6) is 5.75 Å². The molecule has 120 valence electrons. The van der Waals surface area contributed by atoms with Gasteiger partial charge >= 0.3 is 11.9 Å². The zero-order valence-corrected chi connectivity index (χ0v) is 14.3. The van der Waals surface area contributed by atoms with E-state index in [1.54, 1.807) is 48.5 Å². The Hall–Kier alpha value is -2.14. The minimum absolute atomic E-state index is 0.373. The first-order chi connectivity index (χ1) is 11.1. The molecule has 0 aliphatic carbocycles. The maximum Gasteiger partial charge on any atom is 0.343 e. The fourth-order valence-electron chi connectivity index (χ4n) is 1.80. The summed E-state index contributed by atoms with van der Waals surface area (Å²) in [4.78, 5) is 23.8. The van der Waals surface area contributed by atoms with Crippen molar-refractivity contribution in [3.63, 3.8) is 0 Å². The number of esters is 2. The van der Waals surface area contributed by atoms with Gasteiger partial charge in [-0.25, -0.2) is 9.59 Å². The maximum absolute atomic E-state index is 12.0. The first kappa shape index (κ1) is 17.2. The molecule has 2 rings (SSSR count). The molecule has 0 aliphatic rings. The number of halogens is 1. The summed E-state index contributed by atoms with van der Waals surface area (Å²) in [7, 11) is 0. The number of carbonyl (C=O) groups excluding carboxylic acids is 2. The van der Waals surface area contributed by atoms with Crippen molar-refractivity contribution in [3.8, 4) is 5.75 Å². The van der Waals surface area contributed by atoms with Gasteiger partial charge in [-0.15, -0.1) is 0 Å². The zero-order valence-electron chi connectivity index (χ0n) is 12.8. The molecule has 0 N–H and O–H groups in total. The number of unbranched alkanes of at least 4 members (excludes halogenated alkanes) is 1. The number of hydrogen-bond donors (Lipinski definition) is 0. The van der Waals surface area contributed by atoms with Crippen LogP contribution in [0.2, 0.25) is 0 Å². The van der Waals surface area contributed by atoms with Crippen molar-refractivity contribution in [3.05, 3.63) is 64.1 Å². The van der Waals surface area contributed by atoms with Gasteiger partial charge in [0.1, 0.15) is 5.75 Å². The van der Waals surface area contributed by atoms with E-state index < -0.39 is 5.97 Å². The molecule has 0 aromatic heterocycles. The highest BCUT2D eigenvalue weighted by Crippen LogP contribution is 2.17. The average Bonchev–Trinajstić information content (AvgIpc) is 2.57. The molecule has 23 heavy (non-hydrogen) atoms. The minimum Gasteiger partial charge on any atom is -0.462 e. The van der Waals surface area contributed by atoms with E-state index in [9.17, 15) is 9.59 Å². The van der Waals surface area contributed by atoms with Crippen LogP contribution in [0.15, 0.2) is 53.0 Å². The van der Waals surface area contributed by atoms with E-state index in [1.165, 1.54) is 0 Å². The van der Waals surface area contributed by atoms with E-state index >= 15 is 0 Å². The Morgan fingerprint density at radius 3 is 2.04 bits per heavy atom. The molecule has 2 aromatic carbocycles. The van der Waals surface area contributed by atoms with Crippen molar-refractivity contribution < 1.29 is 19.1 Å². The first-order valence-electron chi connectivity index (χ1n) is 7.35. The van der Waals surface area contributed by atoms with Crippen LogP contribution in [-0.2, 0) is 4.74 Å². The quantitative estimate of drug-likeness (QED) is 0.419. The molecule has 0 amide bonds. The molecule has 0 saturated heterocycles. The van der Waals surface area contributed by atoms with Gasteiger partial charge in [0.05, 0.1) is 17.7 Å². The van der Waals surface area contributed by atoms with Gasteiger partial charge < -0.3 is 9.47 Å². The van der Waals surface area contributed by atoms with Crippen LogP contribution >= 0.6 is 15.9 Å². The Bertz CT molecular complexity index is 662. The molecule has 0 fully saturated rings. The first-order valence-corrected chi connectivity index (χ1v) is 8.14. The summed E-state index contributed by atoms with van der Waals surface area (Å²) in [5.74, 6) is -0.397. The normalized spacial score (nSPS) is 10.2. The topological polar surface area (TPSA) is 52.6 Å². The monoisotopic (exact) mass is 376 g/mol. The summed E-state index contributed by atoms with van der Waals surface area (Å²) in [5, 5.41) is 0. The number of ether oxygens (including phenoxy) is 2. The Morgan fingerprint density at radius 2 is 1.48 bits per heavy atom. The molecule has 2 aromatic rings. The van der Waals surface area contributed by atoms with Crippen LogP contribution in [0, 0.1) is 0 Å². The SMILES string of the molecule is CCCCOC(=O)c1ccc(C(=O)Oc2ccc(Br)cc2)cc1. The van der Waals surface area contributed by atoms with Gasteiger partial charge in [0, 0.05) is 4.47 Å². The Balaban J connectivity index is 1.97. The molecular weight excluding hydrogens is 360 g/mol. The highest BCUT2D eigenvalue weighted by molar-refractivity contribution is 9.10. The number of benzene rings is 2. The van der Waals surface area contributed by atoms with Gasteiger partial charge in [0.15, 0.2) is 0 Å². The molecule has 0 aliphatic heterocycles. The zero-order chi connectivity index (χ0) is 16.7. The van der Waals surface area contributed by atoms with Gasteiger partial charge in [-0.05, 0) is 55.0 Å². The van der Waals surface area contributed by atoms with E-state index in [0.717, 1.165) is 17.3 Å². The molecule has 5 heteroatoms. The summed E-state index contributed by atoms with van der Waals surface area (Å²) in [6.45, 7) is 2.43. The fourth-order valence-corrected chi connectivity index (χ4v) is 2.07. The Kier molecular flexibility index (Phi) is 6.35. The predicted octanol–water partition coefficient (Wildman–Crippen LogP) is 4.63. The molecule has 4 nitrogen and oxygen atoms in total. The number of hydrogen-bond acceptors (Lipinski definition) is 4. The summed E-state index contributed by atoms with van der Waals surface area (Å²) < 4.78 is 11.3. The fraction of sp³-hybridized carbons (Fsp3) is 0.222. The summed E-state index contributed by atoms with van der Waals surface area (Å²) in [6, 6.07) is 13.2. The van der Waals surface area contributed by atoms with Crippen LogP contribution in [-0.4, -0.2) is 18.5 Å². The molecule has 0 radical (unpaired) electrons. The summed E-state index contributed by atoms with van der Waals surface area (Å²) in [5.41, 5.74) is 0.791. The molecular formula is C18H17BrO4. The van der Waals surface area contributed by atoms with Crippen LogP contribution in [0.4, 0.5) is 0 Å². The highest BCUT2D eigenvalue weighted by Gasteiger charge is 2.11. The van der Waals surface area contributed by atoms with Gasteiger partial charge in [-0.2, -0.15) is 0 Å². The van der Waals surface area contributed by atoms with Crippen molar-refractivity contribution in [2.24, 2.45) is 0 Å². The van der Waals surface area contributed by atoms with Crippen molar-refractivity contribution in [2.45, 2.75) is 19.8 Å². The second-order valence-electron chi connectivity index (χ2n) is 4.91. The third-order valence-electron chi connectivity index (χ3n) is 3.11. The molecule has 0 atom stereocenters. The highest BCUT2D eigenvalue weighted by atomic mass is 79.9. The average molecular weight is 377 g/mol.